The molecule has 2 N–H and O–H groups in total. The summed E-state index contributed by atoms with van der Waals surface area (Å²) in [6.07, 6.45) is 2.94. The Balaban J connectivity index is 2.06. The highest BCUT2D eigenvalue weighted by molar-refractivity contribution is 5.84. The number of nitrogens with zero attached hydrogens (tertiary/aromatic N) is 1. The number of hydrogen-bond acceptors (Lipinski definition) is 3. The molecule has 1 amide bonds. The van der Waals surface area contributed by atoms with Crippen LogP contribution in [0.2, 0.25) is 0 Å². The Morgan fingerprint density at radius 1 is 1.53 bits per heavy atom. The molecule has 0 bridgehead atoms. The van der Waals surface area contributed by atoms with E-state index in [9.17, 15) is 4.79 Å². The van der Waals surface area contributed by atoms with E-state index in [1.165, 1.54) is 0 Å². The molecule has 1 heterocycles. The maximum atomic E-state index is 12.4. The highest BCUT2D eigenvalue weighted by atomic mass is 16.5. The van der Waals surface area contributed by atoms with E-state index in [2.05, 4.69) is 15.5 Å². The van der Waals surface area contributed by atoms with Crippen LogP contribution in [0.25, 0.3) is 0 Å². The minimum atomic E-state index is -0.311. The number of carbonyl (C=O) groups is 1. The maximum Gasteiger partial charge on any atom is 0.229 e. The molecule has 0 spiro atoms. The first kappa shape index (κ1) is 14.1. The van der Waals surface area contributed by atoms with Crippen molar-refractivity contribution in [2.45, 2.75) is 46.1 Å². The molecular formula is C14H23N3O2. The number of H-pyrrole nitrogens is 1. The van der Waals surface area contributed by atoms with Crippen molar-refractivity contribution in [2.24, 2.45) is 5.41 Å². The third-order valence-electron chi connectivity index (χ3n) is 4.18. The minimum absolute atomic E-state index is 0.0272. The third kappa shape index (κ3) is 2.52. The van der Waals surface area contributed by atoms with Gasteiger partial charge in [0.05, 0.1) is 23.8 Å². The fourth-order valence-corrected chi connectivity index (χ4v) is 2.94. The Bertz CT molecular complexity index is 444. The highest BCUT2D eigenvalue weighted by Crippen LogP contribution is 2.41. The van der Waals surface area contributed by atoms with E-state index in [1.807, 2.05) is 20.8 Å². The van der Waals surface area contributed by atoms with Gasteiger partial charge in [-0.25, -0.2) is 0 Å². The van der Waals surface area contributed by atoms with Gasteiger partial charge in [0.25, 0.3) is 0 Å². The molecule has 1 atom stereocenters. The van der Waals surface area contributed by atoms with Crippen LogP contribution in [0, 0.1) is 19.3 Å². The first-order valence-corrected chi connectivity index (χ1v) is 6.81. The number of methoxy groups -OCH3 is 1. The first-order chi connectivity index (χ1) is 9.00. The number of carbonyl (C=O) groups excluding carboxylic acids is 1. The zero-order chi connectivity index (χ0) is 14.0. The Labute approximate surface area is 114 Å². The predicted molar refractivity (Wildman–Crippen MR) is 72.8 cm³/mol. The van der Waals surface area contributed by atoms with Gasteiger partial charge in [-0.1, -0.05) is 6.42 Å². The molecule has 5 heteroatoms. The summed E-state index contributed by atoms with van der Waals surface area (Å²) in [4.78, 5) is 12.4. The monoisotopic (exact) mass is 265 g/mol. The van der Waals surface area contributed by atoms with Crippen LogP contribution < -0.4 is 5.32 Å². The number of aromatic amines is 1. The summed E-state index contributed by atoms with van der Waals surface area (Å²) >= 11 is 0. The van der Waals surface area contributed by atoms with Gasteiger partial charge < -0.3 is 10.1 Å². The predicted octanol–water partition coefficient (Wildman–Crippen LogP) is 2.02. The molecule has 0 aromatic carbocycles. The summed E-state index contributed by atoms with van der Waals surface area (Å²) in [6.45, 7) is 6.44. The second kappa shape index (κ2) is 5.33. The quantitative estimate of drug-likeness (QED) is 0.856. The molecule has 0 radical (unpaired) electrons. The highest BCUT2D eigenvalue weighted by Gasteiger charge is 2.44. The van der Waals surface area contributed by atoms with Crippen LogP contribution in [-0.2, 0) is 9.53 Å². The number of aryl methyl sites for hydroxylation is 2. The van der Waals surface area contributed by atoms with Crippen LogP contribution in [0.15, 0.2) is 0 Å². The van der Waals surface area contributed by atoms with E-state index in [0.717, 1.165) is 36.2 Å². The summed E-state index contributed by atoms with van der Waals surface area (Å²) in [6, 6.07) is -0.0272. The normalized spacial score (nSPS) is 18.7. The molecule has 5 nitrogen and oxygen atoms in total. The van der Waals surface area contributed by atoms with Crippen molar-refractivity contribution in [2.75, 3.05) is 13.7 Å². The molecule has 1 aromatic rings. The molecule has 1 aromatic heterocycles. The van der Waals surface area contributed by atoms with E-state index in [1.54, 1.807) is 7.11 Å². The topological polar surface area (TPSA) is 67.0 Å². The molecule has 1 saturated carbocycles. The lowest BCUT2D eigenvalue weighted by atomic mass is 9.68. The molecule has 106 valence electrons. The molecule has 1 aliphatic rings. The van der Waals surface area contributed by atoms with Gasteiger partial charge in [-0.2, -0.15) is 5.10 Å². The smallest absolute Gasteiger partial charge is 0.229 e. The van der Waals surface area contributed by atoms with E-state index in [0.29, 0.717) is 6.61 Å². The zero-order valence-corrected chi connectivity index (χ0v) is 12.2. The minimum Gasteiger partial charge on any atom is -0.384 e. The number of rotatable bonds is 5. The van der Waals surface area contributed by atoms with Gasteiger partial charge in [0.15, 0.2) is 0 Å². The van der Waals surface area contributed by atoms with Gasteiger partial charge in [0.1, 0.15) is 0 Å². The third-order valence-corrected chi connectivity index (χ3v) is 4.18. The maximum absolute atomic E-state index is 12.4. The van der Waals surface area contributed by atoms with E-state index in [4.69, 9.17) is 4.74 Å². The summed E-state index contributed by atoms with van der Waals surface area (Å²) in [5.41, 5.74) is 2.73. The number of amides is 1. The van der Waals surface area contributed by atoms with Crippen LogP contribution in [0.1, 0.15) is 49.2 Å². The van der Waals surface area contributed by atoms with Gasteiger partial charge >= 0.3 is 0 Å². The van der Waals surface area contributed by atoms with Gasteiger partial charge in [-0.05, 0) is 33.6 Å². The molecule has 19 heavy (non-hydrogen) atoms. The van der Waals surface area contributed by atoms with E-state index in [-0.39, 0.29) is 17.4 Å². The van der Waals surface area contributed by atoms with Crippen LogP contribution in [-0.4, -0.2) is 29.8 Å². The Morgan fingerprint density at radius 2 is 2.21 bits per heavy atom. The summed E-state index contributed by atoms with van der Waals surface area (Å²) in [7, 11) is 1.65. The standard InChI is InChI=1S/C14H23N3O2/c1-9(12-10(2)16-17-11(12)3)15-13(18)14(8-19-4)6-5-7-14/h9H,5-8H2,1-4H3,(H,15,18)(H,16,17). The van der Waals surface area contributed by atoms with Crippen molar-refractivity contribution >= 4 is 5.91 Å². The van der Waals surface area contributed by atoms with Crippen LogP contribution in [0.4, 0.5) is 0 Å². The fraction of sp³-hybridized carbons (Fsp3) is 0.714. The first-order valence-electron chi connectivity index (χ1n) is 6.81. The molecule has 1 unspecified atom stereocenters. The SMILES string of the molecule is COCC1(C(=O)NC(C)c2c(C)n[nH]c2C)CCC1. The average Bonchev–Trinajstić information content (AvgIpc) is 2.63. The fourth-order valence-electron chi connectivity index (χ4n) is 2.94. The lowest BCUT2D eigenvalue weighted by Gasteiger charge is -2.40. The van der Waals surface area contributed by atoms with Gasteiger partial charge in [-0.3, -0.25) is 9.89 Å². The van der Waals surface area contributed by atoms with Crippen molar-refractivity contribution in [1.82, 2.24) is 15.5 Å². The summed E-state index contributed by atoms with van der Waals surface area (Å²) in [5, 5.41) is 10.2. The van der Waals surface area contributed by atoms with Gasteiger partial charge in [0, 0.05) is 18.4 Å². The lowest BCUT2D eigenvalue weighted by Crippen LogP contribution is -2.49. The van der Waals surface area contributed by atoms with Gasteiger partial charge in [0.2, 0.25) is 5.91 Å². The Kier molecular flexibility index (Phi) is 3.94. The second-order valence-electron chi connectivity index (χ2n) is 5.61. The van der Waals surface area contributed by atoms with Crippen LogP contribution in [0.3, 0.4) is 0 Å². The summed E-state index contributed by atoms with van der Waals surface area (Å²) in [5.74, 6) is 0.105. The largest absolute Gasteiger partial charge is 0.384 e. The van der Waals surface area contributed by atoms with Crippen molar-refractivity contribution in [3.63, 3.8) is 0 Å². The molecule has 1 aliphatic carbocycles. The van der Waals surface area contributed by atoms with E-state index >= 15 is 0 Å². The van der Waals surface area contributed by atoms with Crippen LogP contribution >= 0.6 is 0 Å². The van der Waals surface area contributed by atoms with Crippen molar-refractivity contribution < 1.29 is 9.53 Å². The van der Waals surface area contributed by atoms with E-state index < -0.39 is 0 Å². The van der Waals surface area contributed by atoms with Crippen molar-refractivity contribution in [1.29, 1.82) is 0 Å². The number of hydrogen-bond donors (Lipinski definition) is 2. The average molecular weight is 265 g/mol. The zero-order valence-electron chi connectivity index (χ0n) is 12.2. The molecule has 0 saturated heterocycles. The second-order valence-corrected chi connectivity index (χ2v) is 5.61. The molecule has 0 aliphatic heterocycles. The number of aromatic nitrogens is 2. The Morgan fingerprint density at radius 3 is 2.63 bits per heavy atom. The summed E-state index contributed by atoms with van der Waals surface area (Å²) < 4.78 is 5.21. The number of nitrogens with one attached hydrogen (secondary N) is 2. The Hall–Kier alpha value is -1.36. The van der Waals surface area contributed by atoms with Gasteiger partial charge in [-0.15, -0.1) is 0 Å². The molecule has 1 fully saturated rings. The molecule has 2 rings (SSSR count). The number of ether oxygens (including phenoxy) is 1. The van der Waals surface area contributed by atoms with Crippen LogP contribution in [0.5, 0.6) is 0 Å². The van der Waals surface area contributed by atoms with Crippen molar-refractivity contribution in [3.8, 4) is 0 Å². The lowest BCUT2D eigenvalue weighted by molar-refractivity contribution is -0.141. The molecular weight excluding hydrogens is 242 g/mol. The van der Waals surface area contributed by atoms with Crippen molar-refractivity contribution in [3.05, 3.63) is 17.0 Å².